The van der Waals surface area contributed by atoms with Gasteiger partial charge in [0.2, 0.25) is 0 Å². The molecule has 7 nitrogen and oxygen atoms in total. The zero-order chi connectivity index (χ0) is 19.6. The zero-order valence-corrected chi connectivity index (χ0v) is 16.2. The Bertz CT molecular complexity index is 1380. The summed E-state index contributed by atoms with van der Waals surface area (Å²) in [6.45, 7) is 0. The first-order valence-corrected chi connectivity index (χ1v) is 9.04. The van der Waals surface area contributed by atoms with Gasteiger partial charge >= 0.3 is 0 Å². The molecule has 0 fully saturated rings. The molecule has 0 saturated carbocycles. The standard InChI is InChI=1S/C21H20N6O/c1-25(2)21(28)12-5-6-14-16(11-26(3)18(14)7-12)17-8-15-19-13(10-23-27(19)4)9-22-20(15)24-17/h5-11,23H,1-4H3. The van der Waals surface area contributed by atoms with Gasteiger partial charge in [-0.2, -0.15) is 0 Å². The predicted molar refractivity (Wildman–Crippen MR) is 110 cm³/mol. The van der Waals surface area contributed by atoms with Crippen molar-refractivity contribution >= 4 is 38.7 Å². The highest BCUT2D eigenvalue weighted by molar-refractivity contribution is 6.07. The Morgan fingerprint density at radius 1 is 1.14 bits per heavy atom. The lowest BCUT2D eigenvalue weighted by molar-refractivity contribution is 0.0827. The van der Waals surface area contributed by atoms with Gasteiger partial charge in [0.05, 0.1) is 11.2 Å². The van der Waals surface area contributed by atoms with Gasteiger partial charge in [-0.05, 0) is 18.2 Å². The van der Waals surface area contributed by atoms with E-state index in [0.717, 1.165) is 44.1 Å². The molecule has 0 spiro atoms. The lowest BCUT2D eigenvalue weighted by atomic mass is 10.1. The average molecular weight is 372 g/mol. The van der Waals surface area contributed by atoms with Crippen molar-refractivity contribution in [2.75, 3.05) is 14.1 Å². The summed E-state index contributed by atoms with van der Waals surface area (Å²) in [5, 5.41) is 6.33. The summed E-state index contributed by atoms with van der Waals surface area (Å²) in [5.41, 5.74) is 5.41. The van der Waals surface area contributed by atoms with Gasteiger partial charge in [-0.15, -0.1) is 0 Å². The Balaban J connectivity index is 1.72. The summed E-state index contributed by atoms with van der Waals surface area (Å²) in [6, 6.07) is 7.90. The minimum absolute atomic E-state index is 0.00613. The Hall–Kier alpha value is -3.61. The van der Waals surface area contributed by atoms with Crippen molar-refractivity contribution in [1.29, 1.82) is 0 Å². The molecule has 0 saturated heterocycles. The molecule has 0 atom stereocenters. The number of aromatic amines is 1. The molecule has 0 bridgehead atoms. The number of fused-ring (bicyclic) bond motifs is 4. The Labute approximate surface area is 161 Å². The first-order valence-electron chi connectivity index (χ1n) is 9.04. The summed E-state index contributed by atoms with van der Waals surface area (Å²) < 4.78 is 4.02. The third kappa shape index (κ3) is 2.26. The van der Waals surface area contributed by atoms with E-state index in [1.807, 2.05) is 53.9 Å². The summed E-state index contributed by atoms with van der Waals surface area (Å²) in [6.07, 6.45) is 5.84. The third-order valence-electron chi connectivity index (χ3n) is 5.27. The first-order chi connectivity index (χ1) is 13.4. The monoisotopic (exact) mass is 372 g/mol. The number of H-pyrrole nitrogens is 1. The Kier molecular flexibility index (Phi) is 3.37. The van der Waals surface area contributed by atoms with Gasteiger partial charge in [-0.3, -0.25) is 9.48 Å². The molecule has 0 aliphatic heterocycles. The van der Waals surface area contributed by atoms with Gasteiger partial charge < -0.3 is 14.6 Å². The second-order valence-corrected chi connectivity index (χ2v) is 7.36. The Morgan fingerprint density at radius 2 is 1.96 bits per heavy atom. The van der Waals surface area contributed by atoms with Crippen LogP contribution < -0.4 is 0 Å². The lowest BCUT2D eigenvalue weighted by Crippen LogP contribution is -2.21. The van der Waals surface area contributed by atoms with Crippen molar-refractivity contribution in [3.63, 3.8) is 0 Å². The predicted octanol–water partition coefficient (Wildman–Crippen LogP) is 3.31. The molecule has 4 aromatic heterocycles. The van der Waals surface area contributed by atoms with Gasteiger partial charge in [0.15, 0.2) is 5.65 Å². The molecule has 1 amide bonds. The third-order valence-corrected chi connectivity index (χ3v) is 5.27. The molecule has 0 unspecified atom stereocenters. The van der Waals surface area contributed by atoms with E-state index in [1.165, 1.54) is 0 Å². The smallest absolute Gasteiger partial charge is 0.253 e. The average Bonchev–Trinajstić information content (AvgIpc) is 3.36. The highest BCUT2D eigenvalue weighted by Gasteiger charge is 2.17. The fourth-order valence-electron chi connectivity index (χ4n) is 3.86. The molecule has 0 aliphatic carbocycles. The number of nitrogens with zero attached hydrogens (tertiary/aromatic N) is 5. The molecular formula is C21H20N6O. The molecule has 4 heterocycles. The van der Waals surface area contributed by atoms with Crippen LogP contribution in [0.25, 0.3) is 44.1 Å². The van der Waals surface area contributed by atoms with Crippen molar-refractivity contribution in [3.8, 4) is 11.3 Å². The molecule has 0 aliphatic rings. The number of aryl methyl sites for hydroxylation is 2. The van der Waals surface area contributed by atoms with Crippen LogP contribution in [0.15, 0.2) is 42.9 Å². The number of carbonyl (C=O) groups excluding carboxylic acids is 1. The van der Waals surface area contributed by atoms with Crippen molar-refractivity contribution in [2.24, 2.45) is 14.1 Å². The number of rotatable bonds is 2. The van der Waals surface area contributed by atoms with Crippen LogP contribution >= 0.6 is 0 Å². The normalized spacial score (nSPS) is 11.7. The fourth-order valence-corrected chi connectivity index (χ4v) is 3.86. The van der Waals surface area contributed by atoms with Crippen LogP contribution in [0.4, 0.5) is 0 Å². The summed E-state index contributed by atoms with van der Waals surface area (Å²) in [5.74, 6) is -0.00613. The van der Waals surface area contributed by atoms with Crippen molar-refractivity contribution in [3.05, 3.63) is 48.4 Å². The molecule has 1 N–H and O–H groups in total. The number of pyridine rings is 1. The number of amides is 1. The molecule has 1 aromatic carbocycles. The maximum absolute atomic E-state index is 12.3. The van der Waals surface area contributed by atoms with Crippen LogP contribution in [-0.2, 0) is 14.1 Å². The molecule has 7 heteroatoms. The molecule has 28 heavy (non-hydrogen) atoms. The van der Waals surface area contributed by atoms with Gasteiger partial charge in [0, 0.05) is 79.6 Å². The summed E-state index contributed by atoms with van der Waals surface area (Å²) in [4.78, 5) is 23.2. The minimum Gasteiger partial charge on any atom is -0.350 e. The summed E-state index contributed by atoms with van der Waals surface area (Å²) in [7, 11) is 7.49. The summed E-state index contributed by atoms with van der Waals surface area (Å²) >= 11 is 0. The number of benzene rings is 1. The first kappa shape index (κ1) is 16.6. The maximum Gasteiger partial charge on any atom is 0.253 e. The molecule has 5 rings (SSSR count). The van der Waals surface area contributed by atoms with Crippen LogP contribution in [0.1, 0.15) is 10.4 Å². The Morgan fingerprint density at radius 3 is 2.75 bits per heavy atom. The second-order valence-electron chi connectivity index (χ2n) is 7.36. The van der Waals surface area contributed by atoms with Crippen molar-refractivity contribution < 1.29 is 4.79 Å². The fraction of sp³-hybridized carbons (Fsp3) is 0.190. The minimum atomic E-state index is -0.00613. The molecule has 140 valence electrons. The maximum atomic E-state index is 12.3. The zero-order valence-electron chi connectivity index (χ0n) is 16.2. The van der Waals surface area contributed by atoms with E-state index >= 15 is 0 Å². The van der Waals surface area contributed by atoms with E-state index in [0.29, 0.717) is 5.56 Å². The lowest BCUT2D eigenvalue weighted by Gasteiger charge is -2.10. The highest BCUT2D eigenvalue weighted by Crippen LogP contribution is 2.34. The van der Waals surface area contributed by atoms with E-state index in [-0.39, 0.29) is 5.91 Å². The van der Waals surface area contributed by atoms with E-state index in [9.17, 15) is 4.79 Å². The molecule has 0 radical (unpaired) electrons. The van der Waals surface area contributed by atoms with Crippen LogP contribution in [-0.4, -0.2) is 49.2 Å². The van der Waals surface area contributed by atoms with Gasteiger partial charge in [0.1, 0.15) is 0 Å². The number of aromatic nitrogens is 5. The highest BCUT2D eigenvalue weighted by atomic mass is 16.2. The van der Waals surface area contributed by atoms with Crippen LogP contribution in [0.5, 0.6) is 0 Å². The second kappa shape index (κ2) is 5.69. The van der Waals surface area contributed by atoms with Crippen LogP contribution in [0.2, 0.25) is 0 Å². The van der Waals surface area contributed by atoms with Gasteiger partial charge in [-0.25, -0.2) is 9.97 Å². The van der Waals surface area contributed by atoms with Crippen LogP contribution in [0, 0.1) is 0 Å². The van der Waals surface area contributed by atoms with Crippen molar-refractivity contribution in [2.45, 2.75) is 0 Å². The SMILES string of the molecule is CN(C)C(=O)c1ccc2c(-c3cc4c(ncc5c[nH]n(C)c54)n3)cn(C)c2c1. The number of hydrogen-bond acceptors (Lipinski definition) is 3. The topological polar surface area (TPSA) is 71.7 Å². The van der Waals surface area contributed by atoms with Crippen LogP contribution in [0.3, 0.4) is 0 Å². The van der Waals surface area contributed by atoms with E-state index in [1.54, 1.807) is 19.0 Å². The van der Waals surface area contributed by atoms with Gasteiger partial charge in [-0.1, -0.05) is 6.07 Å². The van der Waals surface area contributed by atoms with Crippen molar-refractivity contribution in [1.82, 2.24) is 29.2 Å². The number of nitrogens with one attached hydrogen (secondary N) is 1. The van der Waals surface area contributed by atoms with Gasteiger partial charge in [0.25, 0.3) is 5.91 Å². The molecule has 5 aromatic rings. The quantitative estimate of drug-likeness (QED) is 0.517. The van der Waals surface area contributed by atoms with E-state index < -0.39 is 0 Å². The largest absolute Gasteiger partial charge is 0.350 e. The number of hydrogen-bond donors (Lipinski definition) is 1. The molecular weight excluding hydrogens is 352 g/mol. The van der Waals surface area contributed by atoms with E-state index in [2.05, 4.69) is 22.3 Å². The van der Waals surface area contributed by atoms with E-state index in [4.69, 9.17) is 4.98 Å². The number of carbonyl (C=O) groups is 1.